The molecule has 0 atom stereocenters. The van der Waals surface area contributed by atoms with Gasteiger partial charge in [-0.05, 0) is 12.1 Å². The smallest absolute Gasteiger partial charge is 0.295 e. The summed E-state index contributed by atoms with van der Waals surface area (Å²) in [6, 6.07) is 6.79. The van der Waals surface area contributed by atoms with Crippen molar-refractivity contribution in [3.05, 3.63) is 29.8 Å². The zero-order valence-corrected chi connectivity index (χ0v) is 14.3. The van der Waals surface area contributed by atoms with Crippen molar-refractivity contribution in [1.29, 1.82) is 0 Å². The molecule has 0 spiro atoms. The number of aromatic hydroxyl groups is 1. The van der Waals surface area contributed by atoms with Crippen molar-refractivity contribution in [2.45, 2.75) is 27.7 Å². The van der Waals surface area contributed by atoms with E-state index in [0.717, 1.165) is 0 Å². The summed E-state index contributed by atoms with van der Waals surface area (Å²) in [5.74, 6) is -0.0266. The average Bonchev–Trinajstić information content (AvgIpc) is 2.43. The molecule has 0 saturated carbocycles. The molecule has 0 saturated heterocycles. The van der Waals surface area contributed by atoms with Crippen LogP contribution in [0.1, 0.15) is 33.3 Å². The second kappa shape index (κ2) is 11.9. The minimum atomic E-state index is -0.163. The number of nitrogens with zero attached hydrogens (tertiary/aromatic N) is 2. The number of para-hydroxylation sites is 1. The number of carbonyl (C=O) groups excluding carboxylic acids is 1. The van der Waals surface area contributed by atoms with E-state index in [1.165, 1.54) is 6.21 Å². The summed E-state index contributed by atoms with van der Waals surface area (Å²) in [6.45, 7) is 8.35. The van der Waals surface area contributed by atoms with E-state index >= 15 is 0 Å². The van der Waals surface area contributed by atoms with Crippen LogP contribution in [0.4, 0.5) is 0 Å². The average molecular weight is 296 g/mol. The summed E-state index contributed by atoms with van der Waals surface area (Å²) >= 11 is 0. The molecule has 0 aliphatic rings. The molecular weight excluding hydrogens is 266 g/mol. The van der Waals surface area contributed by atoms with Crippen molar-refractivity contribution in [3.63, 3.8) is 0 Å². The molecule has 1 aromatic rings. The number of amides is 1. The molecular formula is C16H30N3O2+. The Hall–Kier alpha value is -1.88. The number of hydrazone groups is 1. The van der Waals surface area contributed by atoms with Gasteiger partial charge in [0.05, 0.1) is 27.4 Å². The molecule has 0 fully saturated rings. The fourth-order valence-corrected chi connectivity index (χ4v) is 1.24. The lowest BCUT2D eigenvalue weighted by Crippen LogP contribution is -2.43. The number of hydrogen-bond acceptors (Lipinski definition) is 3. The highest BCUT2D eigenvalue weighted by Gasteiger charge is 2.12. The van der Waals surface area contributed by atoms with Crippen LogP contribution >= 0.6 is 0 Å². The van der Waals surface area contributed by atoms with Crippen molar-refractivity contribution in [3.8, 4) is 5.75 Å². The topological polar surface area (TPSA) is 61.7 Å². The molecule has 0 aliphatic carbocycles. The van der Waals surface area contributed by atoms with E-state index in [1.807, 2.05) is 48.8 Å². The van der Waals surface area contributed by atoms with E-state index in [0.29, 0.717) is 16.6 Å². The van der Waals surface area contributed by atoms with Gasteiger partial charge < -0.3 is 9.59 Å². The first-order valence-electron chi connectivity index (χ1n) is 7.29. The summed E-state index contributed by atoms with van der Waals surface area (Å²) in [5.41, 5.74) is 2.99. The monoisotopic (exact) mass is 296 g/mol. The maximum Gasteiger partial charge on any atom is 0.295 e. The number of phenolic OH excluding ortho intramolecular Hbond substituents is 1. The molecule has 1 amide bonds. The van der Waals surface area contributed by atoms with Crippen LogP contribution in [0.2, 0.25) is 0 Å². The van der Waals surface area contributed by atoms with Crippen LogP contribution in [0.15, 0.2) is 29.4 Å². The molecule has 120 valence electrons. The molecule has 5 heteroatoms. The molecule has 0 aliphatic heterocycles. The predicted molar refractivity (Wildman–Crippen MR) is 89.4 cm³/mol. The van der Waals surface area contributed by atoms with Gasteiger partial charge in [0.15, 0.2) is 6.54 Å². The molecule has 2 N–H and O–H groups in total. The van der Waals surface area contributed by atoms with Crippen molar-refractivity contribution in [2.75, 3.05) is 27.7 Å². The van der Waals surface area contributed by atoms with Gasteiger partial charge in [0.1, 0.15) is 5.75 Å². The molecule has 5 nitrogen and oxygen atoms in total. The first-order valence-corrected chi connectivity index (χ1v) is 7.29. The maximum absolute atomic E-state index is 11.4. The fourth-order valence-electron chi connectivity index (χ4n) is 1.24. The number of nitrogens with one attached hydrogen (secondary N) is 1. The normalized spacial score (nSPS) is 10.0. The summed E-state index contributed by atoms with van der Waals surface area (Å²) < 4.78 is 0.540. The molecule has 21 heavy (non-hydrogen) atoms. The Kier molecular flexibility index (Phi) is 12.1. The second-order valence-corrected chi connectivity index (χ2v) is 4.80. The Morgan fingerprint density at radius 2 is 1.71 bits per heavy atom. The predicted octanol–water partition coefficient (Wildman–Crippen LogP) is 2.60. The Morgan fingerprint density at radius 1 is 1.19 bits per heavy atom. The fraction of sp³-hybridized carbons (Fsp3) is 0.500. The number of likely N-dealkylation sites (N-methyl/N-ethyl adjacent to an activating group) is 1. The van der Waals surface area contributed by atoms with Crippen LogP contribution in [-0.4, -0.2) is 49.4 Å². The Balaban J connectivity index is 0. The summed E-state index contributed by atoms with van der Waals surface area (Å²) in [7, 11) is 5.77. The van der Waals surface area contributed by atoms with E-state index in [2.05, 4.69) is 10.5 Å². The minimum Gasteiger partial charge on any atom is -0.507 e. The van der Waals surface area contributed by atoms with Gasteiger partial charge >= 0.3 is 0 Å². The molecule has 1 aromatic carbocycles. The van der Waals surface area contributed by atoms with E-state index in [4.69, 9.17) is 0 Å². The lowest BCUT2D eigenvalue weighted by Gasteiger charge is -2.21. The van der Waals surface area contributed by atoms with Crippen molar-refractivity contribution in [1.82, 2.24) is 5.43 Å². The van der Waals surface area contributed by atoms with Gasteiger partial charge in [-0.1, -0.05) is 39.8 Å². The van der Waals surface area contributed by atoms with E-state index in [-0.39, 0.29) is 11.7 Å². The quantitative estimate of drug-likeness (QED) is 0.510. The highest BCUT2D eigenvalue weighted by atomic mass is 16.3. The van der Waals surface area contributed by atoms with Crippen molar-refractivity contribution >= 4 is 12.1 Å². The van der Waals surface area contributed by atoms with Gasteiger partial charge in [-0.3, -0.25) is 4.79 Å². The van der Waals surface area contributed by atoms with E-state index in [1.54, 1.807) is 24.3 Å². The second-order valence-electron chi connectivity index (χ2n) is 4.80. The van der Waals surface area contributed by atoms with Crippen LogP contribution < -0.4 is 5.43 Å². The summed E-state index contributed by atoms with van der Waals surface area (Å²) in [6.07, 6.45) is 1.42. The lowest BCUT2D eigenvalue weighted by molar-refractivity contribution is -0.862. The molecule has 1 rings (SSSR count). The number of hydrogen-bond donors (Lipinski definition) is 2. The first-order chi connectivity index (χ1) is 9.88. The standard InChI is InChI=1S/C12H17N3O2.2C2H6/c1-15(2,3)9-12(17)14-13-8-10-6-4-5-7-11(10)16;2*1-2/h4-8H,9H2,1-3H3,(H-,13,14,16,17);2*1-2H3/p+1. The summed E-state index contributed by atoms with van der Waals surface area (Å²) in [5, 5.41) is 13.2. The molecule has 0 aromatic heterocycles. The SMILES string of the molecule is CC.CC.C[N+](C)(C)CC(=O)N/N=C/c1ccccc1O. The minimum absolute atomic E-state index is 0.136. The number of rotatable bonds is 4. The lowest BCUT2D eigenvalue weighted by atomic mass is 10.2. The van der Waals surface area contributed by atoms with Crippen LogP contribution in [-0.2, 0) is 4.79 Å². The molecule has 0 bridgehead atoms. The Bertz CT molecular complexity index is 424. The van der Waals surface area contributed by atoms with Crippen LogP contribution in [0.5, 0.6) is 5.75 Å². The summed E-state index contributed by atoms with van der Waals surface area (Å²) in [4.78, 5) is 11.4. The van der Waals surface area contributed by atoms with Gasteiger partial charge in [-0.15, -0.1) is 0 Å². The van der Waals surface area contributed by atoms with Gasteiger partial charge in [0.2, 0.25) is 0 Å². The highest BCUT2D eigenvalue weighted by molar-refractivity contribution is 5.85. The number of carbonyl (C=O) groups is 1. The van der Waals surface area contributed by atoms with E-state index in [9.17, 15) is 9.90 Å². The third-order valence-corrected chi connectivity index (χ3v) is 1.95. The Labute approximate surface area is 128 Å². The van der Waals surface area contributed by atoms with Crippen molar-refractivity contribution in [2.24, 2.45) is 5.10 Å². The van der Waals surface area contributed by atoms with Gasteiger partial charge in [0, 0.05) is 5.56 Å². The molecule has 0 heterocycles. The van der Waals surface area contributed by atoms with Gasteiger partial charge in [-0.2, -0.15) is 5.10 Å². The number of phenols is 1. The Morgan fingerprint density at radius 3 is 2.19 bits per heavy atom. The zero-order valence-electron chi connectivity index (χ0n) is 14.3. The molecule has 0 radical (unpaired) electrons. The van der Waals surface area contributed by atoms with Gasteiger partial charge in [0.25, 0.3) is 5.91 Å². The third-order valence-electron chi connectivity index (χ3n) is 1.95. The third kappa shape index (κ3) is 11.6. The first kappa shape index (κ1) is 21.4. The van der Waals surface area contributed by atoms with Crippen LogP contribution in [0, 0.1) is 0 Å². The maximum atomic E-state index is 11.4. The van der Waals surface area contributed by atoms with Crippen LogP contribution in [0.25, 0.3) is 0 Å². The van der Waals surface area contributed by atoms with Crippen molar-refractivity contribution < 1.29 is 14.4 Å². The van der Waals surface area contributed by atoms with Crippen LogP contribution in [0.3, 0.4) is 0 Å². The number of quaternary nitrogens is 1. The highest BCUT2D eigenvalue weighted by Crippen LogP contribution is 2.12. The van der Waals surface area contributed by atoms with E-state index < -0.39 is 0 Å². The van der Waals surface area contributed by atoms with Gasteiger partial charge in [-0.25, -0.2) is 5.43 Å². The molecule has 0 unspecified atom stereocenters. The number of benzene rings is 1. The largest absolute Gasteiger partial charge is 0.507 e. The zero-order chi connectivity index (χ0) is 16.9.